The van der Waals surface area contributed by atoms with Crippen LogP contribution in [0, 0.1) is 10.1 Å². The summed E-state index contributed by atoms with van der Waals surface area (Å²) in [7, 11) is 1.85. The van der Waals surface area contributed by atoms with Crippen LogP contribution in [0.4, 0.5) is 5.69 Å². The van der Waals surface area contributed by atoms with Crippen molar-refractivity contribution in [1.29, 1.82) is 0 Å². The number of nitrogens with one attached hydrogen (secondary N) is 1. The number of carbonyl (C=O) groups is 1. The van der Waals surface area contributed by atoms with Gasteiger partial charge in [-0.15, -0.1) is 0 Å². The predicted octanol–water partition coefficient (Wildman–Crippen LogP) is 0.999. The fourth-order valence-corrected chi connectivity index (χ4v) is 3.05. The van der Waals surface area contributed by atoms with Gasteiger partial charge in [0.1, 0.15) is 18.3 Å². The fourth-order valence-electron chi connectivity index (χ4n) is 3.05. The van der Waals surface area contributed by atoms with Crippen LogP contribution in [0.5, 0.6) is 0 Å². The molecule has 0 radical (unpaired) electrons. The standard InChI is InChI=1S/C15H18N6O3/c1-16-8-12-3-2-6-19(12)15(22)11-4-5-13(14(7-11)21(23)24)20-10-17-9-18-20/h4-5,7,9-10,12,16H,2-3,6,8H2,1H3. The van der Waals surface area contributed by atoms with Gasteiger partial charge >= 0.3 is 0 Å². The second-order valence-corrected chi connectivity index (χ2v) is 5.65. The van der Waals surface area contributed by atoms with E-state index in [0.29, 0.717) is 18.7 Å². The number of aromatic nitrogens is 3. The van der Waals surface area contributed by atoms with Crippen LogP contribution in [0.25, 0.3) is 5.69 Å². The van der Waals surface area contributed by atoms with Crippen molar-refractivity contribution in [2.75, 3.05) is 20.1 Å². The van der Waals surface area contributed by atoms with Gasteiger partial charge in [-0.05, 0) is 32.0 Å². The van der Waals surface area contributed by atoms with Crippen LogP contribution in [0.3, 0.4) is 0 Å². The predicted molar refractivity (Wildman–Crippen MR) is 86.0 cm³/mol. The van der Waals surface area contributed by atoms with Gasteiger partial charge in [0, 0.05) is 30.8 Å². The molecule has 0 aliphatic carbocycles. The van der Waals surface area contributed by atoms with E-state index in [1.165, 1.54) is 29.5 Å². The first-order valence-electron chi connectivity index (χ1n) is 7.71. The van der Waals surface area contributed by atoms with E-state index in [0.717, 1.165) is 12.8 Å². The zero-order valence-corrected chi connectivity index (χ0v) is 13.3. The average molecular weight is 330 g/mol. The number of likely N-dealkylation sites (N-methyl/N-ethyl adjacent to an activating group) is 1. The summed E-state index contributed by atoms with van der Waals surface area (Å²) in [5.74, 6) is -0.180. The van der Waals surface area contributed by atoms with Crippen molar-refractivity contribution in [3.05, 3.63) is 46.5 Å². The zero-order chi connectivity index (χ0) is 17.1. The minimum atomic E-state index is -0.511. The van der Waals surface area contributed by atoms with Crippen LogP contribution in [-0.4, -0.2) is 56.7 Å². The smallest absolute Gasteiger partial charge is 0.295 e. The first-order chi connectivity index (χ1) is 11.6. The Bertz CT molecular complexity index is 746. The Labute approximate surface area is 138 Å². The molecule has 1 aromatic carbocycles. The van der Waals surface area contributed by atoms with Crippen LogP contribution < -0.4 is 5.32 Å². The summed E-state index contributed by atoms with van der Waals surface area (Å²) in [6, 6.07) is 4.56. The van der Waals surface area contributed by atoms with Crippen molar-refractivity contribution in [1.82, 2.24) is 25.0 Å². The van der Waals surface area contributed by atoms with Crippen LogP contribution in [-0.2, 0) is 0 Å². The van der Waals surface area contributed by atoms with Gasteiger partial charge in [0.05, 0.1) is 4.92 Å². The Morgan fingerprint density at radius 2 is 2.33 bits per heavy atom. The maximum absolute atomic E-state index is 12.7. The lowest BCUT2D eigenvalue weighted by Gasteiger charge is -2.24. The van der Waals surface area contributed by atoms with Crippen LogP contribution >= 0.6 is 0 Å². The third-order valence-electron chi connectivity index (χ3n) is 4.16. The SMILES string of the molecule is CNCC1CCCN1C(=O)c1ccc(-n2cncn2)c([N+](=O)[O-])c1. The molecule has 2 aromatic rings. The van der Waals surface area contributed by atoms with Gasteiger partial charge < -0.3 is 10.2 Å². The summed E-state index contributed by atoms with van der Waals surface area (Å²) < 4.78 is 1.31. The largest absolute Gasteiger partial charge is 0.334 e. The highest BCUT2D eigenvalue weighted by Crippen LogP contribution is 2.26. The molecule has 1 unspecified atom stereocenters. The zero-order valence-electron chi connectivity index (χ0n) is 13.3. The van der Waals surface area contributed by atoms with Gasteiger partial charge in [0.25, 0.3) is 11.6 Å². The van der Waals surface area contributed by atoms with Crippen LogP contribution in [0.2, 0.25) is 0 Å². The number of benzene rings is 1. The Morgan fingerprint density at radius 1 is 1.50 bits per heavy atom. The van der Waals surface area contributed by atoms with E-state index in [9.17, 15) is 14.9 Å². The molecule has 1 N–H and O–H groups in total. The molecule has 2 heterocycles. The van der Waals surface area contributed by atoms with E-state index >= 15 is 0 Å². The van der Waals surface area contributed by atoms with Crippen molar-refractivity contribution in [2.45, 2.75) is 18.9 Å². The lowest BCUT2D eigenvalue weighted by atomic mass is 10.1. The fraction of sp³-hybridized carbons (Fsp3) is 0.400. The average Bonchev–Trinajstić information content (AvgIpc) is 3.25. The van der Waals surface area contributed by atoms with Crippen LogP contribution in [0.15, 0.2) is 30.9 Å². The molecule has 0 saturated carbocycles. The Morgan fingerprint density at radius 3 is 3.00 bits per heavy atom. The molecule has 0 bridgehead atoms. The molecule has 1 amide bonds. The first kappa shape index (κ1) is 16.1. The summed E-state index contributed by atoms with van der Waals surface area (Å²) in [6.07, 6.45) is 4.56. The maximum atomic E-state index is 12.7. The number of hydrogen-bond donors (Lipinski definition) is 1. The number of nitro groups is 1. The second kappa shape index (κ2) is 6.75. The molecule has 9 nitrogen and oxygen atoms in total. The highest BCUT2D eigenvalue weighted by atomic mass is 16.6. The van der Waals surface area contributed by atoms with Crippen molar-refractivity contribution in [3.63, 3.8) is 0 Å². The Balaban J connectivity index is 1.93. The molecule has 1 aliphatic heterocycles. The van der Waals surface area contributed by atoms with E-state index < -0.39 is 4.92 Å². The first-order valence-corrected chi connectivity index (χ1v) is 7.71. The second-order valence-electron chi connectivity index (χ2n) is 5.65. The van der Waals surface area contributed by atoms with Crippen molar-refractivity contribution in [3.8, 4) is 5.69 Å². The van der Waals surface area contributed by atoms with Crippen molar-refractivity contribution in [2.24, 2.45) is 0 Å². The van der Waals surface area contributed by atoms with E-state index in [-0.39, 0.29) is 23.3 Å². The number of rotatable bonds is 5. The number of nitro benzene ring substituents is 1. The molecular weight excluding hydrogens is 312 g/mol. The third kappa shape index (κ3) is 2.98. The number of amides is 1. The third-order valence-corrected chi connectivity index (χ3v) is 4.16. The van der Waals surface area contributed by atoms with E-state index in [1.807, 2.05) is 7.05 Å². The summed E-state index contributed by atoms with van der Waals surface area (Å²) >= 11 is 0. The molecule has 1 aliphatic rings. The molecule has 0 spiro atoms. The van der Waals surface area contributed by atoms with Crippen molar-refractivity contribution < 1.29 is 9.72 Å². The maximum Gasteiger partial charge on any atom is 0.295 e. The number of hydrogen-bond acceptors (Lipinski definition) is 6. The van der Waals surface area contributed by atoms with Gasteiger partial charge in [-0.1, -0.05) is 0 Å². The van der Waals surface area contributed by atoms with Gasteiger partial charge in [-0.2, -0.15) is 5.10 Å². The van der Waals surface area contributed by atoms with E-state index in [2.05, 4.69) is 15.4 Å². The Hall–Kier alpha value is -2.81. The quantitative estimate of drug-likeness (QED) is 0.647. The van der Waals surface area contributed by atoms with E-state index in [1.54, 1.807) is 11.0 Å². The molecule has 1 saturated heterocycles. The molecule has 3 rings (SSSR count). The minimum absolute atomic E-state index is 0.122. The molecule has 1 atom stereocenters. The molecular formula is C15H18N6O3. The summed E-state index contributed by atoms with van der Waals surface area (Å²) in [6.45, 7) is 1.38. The molecule has 1 fully saturated rings. The van der Waals surface area contributed by atoms with Gasteiger partial charge in [0.15, 0.2) is 0 Å². The molecule has 1 aromatic heterocycles. The van der Waals surface area contributed by atoms with E-state index in [4.69, 9.17) is 0 Å². The monoisotopic (exact) mass is 330 g/mol. The van der Waals surface area contributed by atoms with Gasteiger partial charge in [-0.25, -0.2) is 9.67 Å². The summed E-state index contributed by atoms with van der Waals surface area (Å²) in [5.41, 5.74) is 0.423. The normalized spacial score (nSPS) is 17.2. The van der Waals surface area contributed by atoms with Gasteiger partial charge in [0.2, 0.25) is 0 Å². The van der Waals surface area contributed by atoms with Crippen LogP contribution in [0.1, 0.15) is 23.2 Å². The number of nitrogens with zero attached hydrogens (tertiary/aromatic N) is 5. The topological polar surface area (TPSA) is 106 Å². The van der Waals surface area contributed by atoms with Gasteiger partial charge in [-0.3, -0.25) is 14.9 Å². The summed E-state index contributed by atoms with van der Waals surface area (Å²) in [5, 5.41) is 18.4. The Kier molecular flexibility index (Phi) is 4.52. The minimum Gasteiger partial charge on any atom is -0.334 e. The highest BCUT2D eigenvalue weighted by Gasteiger charge is 2.30. The molecule has 24 heavy (non-hydrogen) atoms. The molecule has 126 valence electrons. The number of likely N-dealkylation sites (tertiary alicyclic amines) is 1. The van der Waals surface area contributed by atoms with Crippen molar-refractivity contribution >= 4 is 11.6 Å². The highest BCUT2D eigenvalue weighted by molar-refractivity contribution is 5.95. The molecule has 9 heteroatoms. The summed E-state index contributed by atoms with van der Waals surface area (Å²) in [4.78, 5) is 29.2. The number of carbonyl (C=O) groups excluding carboxylic acids is 1. The lowest BCUT2D eigenvalue weighted by molar-refractivity contribution is -0.384. The lowest BCUT2D eigenvalue weighted by Crippen LogP contribution is -2.40.